The molecule has 0 aliphatic carbocycles. The van der Waals surface area contributed by atoms with Crippen molar-refractivity contribution in [2.24, 2.45) is 0 Å². The third-order valence-corrected chi connectivity index (χ3v) is 8.71. The largest absolute Gasteiger partial charge is 0.457 e. The van der Waals surface area contributed by atoms with Crippen molar-refractivity contribution in [3.8, 4) is 17.4 Å². The van der Waals surface area contributed by atoms with Gasteiger partial charge >= 0.3 is 12.0 Å². The van der Waals surface area contributed by atoms with Gasteiger partial charge in [0, 0.05) is 55.0 Å². The zero-order chi connectivity index (χ0) is 36.8. The van der Waals surface area contributed by atoms with Crippen molar-refractivity contribution in [1.82, 2.24) is 20.3 Å². The van der Waals surface area contributed by atoms with Gasteiger partial charge in [-0.25, -0.2) is 4.79 Å². The number of unbranched alkanes of at least 4 members (excludes halogenated alkanes) is 3. The van der Waals surface area contributed by atoms with Gasteiger partial charge in [0.05, 0.1) is 37.8 Å². The SMILES string of the molecule is Nc1ccccc1NC(=O)CCCCCCNC(=O)c1ccc(NC(=O)Nc2ccc(-c3nc(OC4CCOC4)nc(N4CCOCC4)n3)cc2)cc1. The Morgan fingerprint density at radius 1 is 0.792 bits per heavy atom. The number of nitrogens with zero attached hydrogens (tertiary/aromatic N) is 4. The number of aromatic nitrogens is 3. The molecule has 2 fully saturated rings. The average molecular weight is 724 g/mol. The Balaban J connectivity index is 0.922. The summed E-state index contributed by atoms with van der Waals surface area (Å²) in [6, 6.07) is 20.9. The van der Waals surface area contributed by atoms with Gasteiger partial charge in [-0.1, -0.05) is 25.0 Å². The van der Waals surface area contributed by atoms with E-state index in [0.29, 0.717) is 92.6 Å². The summed E-state index contributed by atoms with van der Waals surface area (Å²) in [4.78, 5) is 53.4. The molecule has 3 heterocycles. The van der Waals surface area contributed by atoms with Crippen molar-refractivity contribution in [3.63, 3.8) is 0 Å². The van der Waals surface area contributed by atoms with Gasteiger partial charge in [-0.2, -0.15) is 15.0 Å². The van der Waals surface area contributed by atoms with Crippen LogP contribution < -0.4 is 36.6 Å². The molecular weight excluding hydrogens is 678 g/mol. The summed E-state index contributed by atoms with van der Waals surface area (Å²) in [7, 11) is 0. The predicted molar refractivity (Wildman–Crippen MR) is 202 cm³/mol. The third kappa shape index (κ3) is 11.1. The number of anilines is 5. The number of benzene rings is 3. The molecule has 0 bridgehead atoms. The summed E-state index contributed by atoms with van der Waals surface area (Å²) < 4.78 is 17.0. The molecule has 15 nitrogen and oxygen atoms in total. The van der Waals surface area contributed by atoms with E-state index in [4.69, 9.17) is 24.9 Å². The monoisotopic (exact) mass is 723 g/mol. The molecule has 0 radical (unpaired) electrons. The highest BCUT2D eigenvalue weighted by Gasteiger charge is 2.22. The van der Waals surface area contributed by atoms with E-state index in [1.807, 2.05) is 29.2 Å². The molecule has 2 aliphatic rings. The van der Waals surface area contributed by atoms with Crippen molar-refractivity contribution >= 4 is 46.5 Å². The van der Waals surface area contributed by atoms with Crippen LogP contribution in [0.25, 0.3) is 11.4 Å². The number of para-hydroxylation sites is 2. The molecule has 0 spiro atoms. The molecule has 4 amide bonds. The van der Waals surface area contributed by atoms with Crippen LogP contribution in [0.1, 0.15) is 48.9 Å². The van der Waals surface area contributed by atoms with Crippen LogP contribution >= 0.6 is 0 Å². The predicted octanol–water partition coefficient (Wildman–Crippen LogP) is 5.09. The van der Waals surface area contributed by atoms with Gasteiger partial charge in [0.1, 0.15) is 6.10 Å². The number of hydrogen-bond donors (Lipinski definition) is 5. The van der Waals surface area contributed by atoms with Crippen molar-refractivity contribution in [2.75, 3.05) is 72.6 Å². The lowest BCUT2D eigenvalue weighted by Crippen LogP contribution is -2.37. The Kier molecular flexibility index (Phi) is 13.0. The quantitative estimate of drug-likeness (QED) is 0.0810. The maximum absolute atomic E-state index is 12.8. The molecule has 3 aromatic carbocycles. The van der Waals surface area contributed by atoms with E-state index in [1.54, 1.807) is 48.5 Å². The molecule has 1 atom stereocenters. The van der Waals surface area contributed by atoms with E-state index in [-0.39, 0.29) is 23.9 Å². The second kappa shape index (κ2) is 18.6. The highest BCUT2D eigenvalue weighted by Crippen LogP contribution is 2.25. The minimum Gasteiger partial charge on any atom is -0.457 e. The van der Waals surface area contributed by atoms with Gasteiger partial charge in [-0.05, 0) is 73.5 Å². The van der Waals surface area contributed by atoms with E-state index in [0.717, 1.165) is 37.7 Å². The van der Waals surface area contributed by atoms with E-state index < -0.39 is 6.03 Å². The van der Waals surface area contributed by atoms with Gasteiger partial charge in [0.15, 0.2) is 5.82 Å². The summed E-state index contributed by atoms with van der Waals surface area (Å²) in [5.41, 5.74) is 9.38. The van der Waals surface area contributed by atoms with E-state index in [2.05, 4.69) is 31.2 Å². The second-order valence-electron chi connectivity index (χ2n) is 12.7. The molecule has 6 N–H and O–H groups in total. The van der Waals surface area contributed by atoms with Crippen molar-refractivity contribution in [3.05, 3.63) is 78.4 Å². The summed E-state index contributed by atoms with van der Waals surface area (Å²) in [6.45, 7) is 4.19. The fourth-order valence-electron chi connectivity index (χ4n) is 5.78. The van der Waals surface area contributed by atoms with Crippen molar-refractivity contribution in [2.45, 2.75) is 44.6 Å². The highest BCUT2D eigenvalue weighted by molar-refractivity contribution is 6.00. The van der Waals surface area contributed by atoms with Crippen molar-refractivity contribution < 1.29 is 28.6 Å². The molecule has 53 heavy (non-hydrogen) atoms. The van der Waals surface area contributed by atoms with E-state index in [9.17, 15) is 14.4 Å². The lowest BCUT2D eigenvalue weighted by molar-refractivity contribution is -0.116. The first kappa shape index (κ1) is 37.0. The summed E-state index contributed by atoms with van der Waals surface area (Å²) in [5, 5.41) is 11.4. The number of urea groups is 1. The first-order chi connectivity index (χ1) is 25.9. The number of nitrogen functional groups attached to an aromatic ring is 1. The Hall–Kier alpha value is -5.80. The number of amides is 4. The Bertz CT molecular complexity index is 1830. The Morgan fingerprint density at radius 3 is 2.23 bits per heavy atom. The second-order valence-corrected chi connectivity index (χ2v) is 12.7. The van der Waals surface area contributed by atoms with Gasteiger partial charge in [0.25, 0.3) is 5.91 Å². The zero-order valence-corrected chi connectivity index (χ0v) is 29.5. The van der Waals surface area contributed by atoms with Crippen molar-refractivity contribution in [1.29, 1.82) is 0 Å². The molecule has 6 rings (SSSR count). The number of morpholine rings is 1. The maximum atomic E-state index is 12.8. The van der Waals surface area contributed by atoms with Crippen LogP contribution in [0, 0.1) is 0 Å². The van der Waals surface area contributed by atoms with Gasteiger partial charge in [0.2, 0.25) is 11.9 Å². The van der Waals surface area contributed by atoms with Crippen LogP contribution in [-0.4, -0.2) is 85.0 Å². The minimum atomic E-state index is -0.430. The number of nitrogens with one attached hydrogen (secondary N) is 4. The Labute approximate surface area is 308 Å². The van der Waals surface area contributed by atoms with Crippen LogP contribution in [0.5, 0.6) is 6.01 Å². The van der Waals surface area contributed by atoms with Crippen LogP contribution in [0.2, 0.25) is 0 Å². The molecule has 4 aromatic rings. The van der Waals surface area contributed by atoms with Crippen LogP contribution in [-0.2, 0) is 14.3 Å². The molecule has 1 aromatic heterocycles. The van der Waals surface area contributed by atoms with E-state index >= 15 is 0 Å². The fourth-order valence-corrected chi connectivity index (χ4v) is 5.78. The number of ether oxygens (including phenoxy) is 3. The van der Waals surface area contributed by atoms with Gasteiger partial charge in [-0.3, -0.25) is 9.59 Å². The Morgan fingerprint density at radius 2 is 1.51 bits per heavy atom. The lowest BCUT2D eigenvalue weighted by Gasteiger charge is -2.27. The van der Waals surface area contributed by atoms with Gasteiger partial charge in [-0.15, -0.1) is 0 Å². The minimum absolute atomic E-state index is 0.0629. The van der Waals surface area contributed by atoms with Crippen LogP contribution in [0.4, 0.5) is 33.5 Å². The topological polar surface area (TPSA) is 195 Å². The molecule has 2 saturated heterocycles. The molecule has 2 aliphatic heterocycles. The molecule has 0 saturated carbocycles. The molecule has 278 valence electrons. The number of hydrogen-bond acceptors (Lipinski definition) is 11. The standard InChI is InChI=1S/C38H45N9O6/c39-31-7-4-5-8-32(31)43-33(48)9-3-1-2-6-19-40-35(49)27-12-16-29(17-13-27)42-37(50)41-28-14-10-26(11-15-28)34-44-36(47-20-23-51-24-21-47)46-38(45-34)53-30-18-22-52-25-30/h4-5,7-8,10-17,30H,1-3,6,9,18-25,39H2,(H,40,49)(H,43,48)(H2,41,42,50). The first-order valence-corrected chi connectivity index (χ1v) is 17.9. The smallest absolute Gasteiger partial charge is 0.323 e. The fraction of sp³-hybridized carbons (Fsp3) is 0.368. The summed E-state index contributed by atoms with van der Waals surface area (Å²) >= 11 is 0. The lowest BCUT2D eigenvalue weighted by atomic mass is 10.1. The molecule has 1 unspecified atom stereocenters. The number of nitrogens with two attached hydrogens (primary N) is 1. The number of carbonyl (C=O) groups is 3. The van der Waals surface area contributed by atoms with Crippen LogP contribution in [0.3, 0.4) is 0 Å². The normalized spacial score (nSPS) is 15.4. The first-order valence-electron chi connectivity index (χ1n) is 17.9. The molecule has 15 heteroatoms. The third-order valence-electron chi connectivity index (χ3n) is 8.71. The number of carbonyl (C=O) groups excluding carboxylic acids is 3. The summed E-state index contributed by atoms with van der Waals surface area (Å²) in [6.07, 6.45) is 4.40. The van der Waals surface area contributed by atoms with Gasteiger partial charge < -0.3 is 46.1 Å². The van der Waals surface area contributed by atoms with Crippen LogP contribution in [0.15, 0.2) is 72.8 Å². The highest BCUT2D eigenvalue weighted by atomic mass is 16.6. The zero-order valence-electron chi connectivity index (χ0n) is 29.5. The average Bonchev–Trinajstić information content (AvgIpc) is 3.69. The van der Waals surface area contributed by atoms with E-state index in [1.165, 1.54) is 0 Å². The number of rotatable bonds is 15. The molecular formula is C38H45N9O6. The maximum Gasteiger partial charge on any atom is 0.323 e. The summed E-state index contributed by atoms with van der Waals surface area (Å²) in [5.74, 6) is 0.732.